The molecule has 0 fully saturated rings. The van der Waals surface area contributed by atoms with Crippen LogP contribution in [-0.4, -0.2) is 33.2 Å². The van der Waals surface area contributed by atoms with Crippen molar-refractivity contribution in [3.8, 4) is 11.3 Å². The molecule has 3 aromatic heterocycles. The Kier molecular flexibility index (Phi) is 5.80. The van der Waals surface area contributed by atoms with Crippen LogP contribution in [0.2, 0.25) is 0 Å². The number of benzene rings is 1. The number of hydrogen-bond donors (Lipinski definition) is 1. The molecule has 7 nitrogen and oxygen atoms in total. The quantitative estimate of drug-likeness (QED) is 0.432. The van der Waals surface area contributed by atoms with E-state index in [1.807, 2.05) is 58.3 Å². The second-order valence-electron chi connectivity index (χ2n) is 7.54. The maximum atomic E-state index is 13.4. The van der Waals surface area contributed by atoms with Gasteiger partial charge in [0, 0.05) is 29.1 Å². The fourth-order valence-corrected chi connectivity index (χ4v) is 4.73. The van der Waals surface area contributed by atoms with E-state index in [9.17, 15) is 9.59 Å². The number of ether oxygens (including phenoxy) is 1. The smallest absolute Gasteiger partial charge is 0.341 e. The summed E-state index contributed by atoms with van der Waals surface area (Å²) in [5, 5.41) is 8.57. The Balaban J connectivity index is 1.81. The monoisotopic (exact) mass is 448 g/mol. The number of aromatic nitrogens is 3. The van der Waals surface area contributed by atoms with Crippen LogP contribution in [-0.2, 0) is 11.8 Å². The van der Waals surface area contributed by atoms with Crippen LogP contribution in [0.3, 0.4) is 0 Å². The Labute approximate surface area is 190 Å². The van der Waals surface area contributed by atoms with Gasteiger partial charge in [-0.1, -0.05) is 18.2 Å². The average molecular weight is 449 g/mol. The van der Waals surface area contributed by atoms with Crippen molar-refractivity contribution in [2.75, 3.05) is 11.9 Å². The molecule has 0 radical (unpaired) electrons. The molecule has 0 unspecified atom stereocenters. The number of thiophene rings is 1. The van der Waals surface area contributed by atoms with Crippen molar-refractivity contribution in [1.29, 1.82) is 0 Å². The summed E-state index contributed by atoms with van der Waals surface area (Å²) in [5.41, 5.74) is 4.77. The number of pyridine rings is 1. The Morgan fingerprint density at radius 2 is 1.94 bits per heavy atom. The molecule has 164 valence electrons. The first-order chi connectivity index (χ1) is 15.3. The number of rotatable bonds is 5. The molecule has 0 aliphatic carbocycles. The molecule has 32 heavy (non-hydrogen) atoms. The second-order valence-corrected chi connectivity index (χ2v) is 8.76. The van der Waals surface area contributed by atoms with E-state index >= 15 is 0 Å². The minimum absolute atomic E-state index is 0.267. The van der Waals surface area contributed by atoms with Gasteiger partial charge in [-0.3, -0.25) is 9.48 Å². The van der Waals surface area contributed by atoms with Gasteiger partial charge in [0.05, 0.1) is 34.6 Å². The molecule has 4 aromatic rings. The summed E-state index contributed by atoms with van der Waals surface area (Å²) in [5.74, 6) is -0.742. The van der Waals surface area contributed by atoms with Crippen molar-refractivity contribution in [2.45, 2.75) is 27.7 Å². The van der Waals surface area contributed by atoms with Gasteiger partial charge < -0.3 is 10.1 Å². The summed E-state index contributed by atoms with van der Waals surface area (Å²) in [4.78, 5) is 31.7. The van der Waals surface area contributed by atoms with Gasteiger partial charge in [-0.25, -0.2) is 9.78 Å². The van der Waals surface area contributed by atoms with Gasteiger partial charge in [0.1, 0.15) is 5.00 Å². The van der Waals surface area contributed by atoms with Crippen molar-refractivity contribution in [3.05, 3.63) is 63.8 Å². The standard InChI is InChI=1S/C24H24N4O3S/c1-6-31-24(30)21-13(2)15(4)32-23(21)26-22(29)17-11-20(18-12-28(5)27-14(18)3)25-19-10-8-7-9-16(17)19/h7-12H,6H2,1-5H3,(H,26,29). The van der Waals surface area contributed by atoms with Gasteiger partial charge in [-0.05, 0) is 45.4 Å². The summed E-state index contributed by atoms with van der Waals surface area (Å²) < 4.78 is 6.94. The summed E-state index contributed by atoms with van der Waals surface area (Å²) >= 11 is 1.37. The lowest BCUT2D eigenvalue weighted by Crippen LogP contribution is -2.15. The topological polar surface area (TPSA) is 86.1 Å². The minimum atomic E-state index is -0.434. The van der Waals surface area contributed by atoms with Crippen LogP contribution in [0, 0.1) is 20.8 Å². The normalized spacial score (nSPS) is 11.0. The maximum absolute atomic E-state index is 13.4. The first kappa shape index (κ1) is 21.7. The zero-order valence-electron chi connectivity index (χ0n) is 18.6. The first-order valence-electron chi connectivity index (χ1n) is 10.3. The predicted octanol–water partition coefficient (Wildman–Crippen LogP) is 5.05. The first-order valence-corrected chi connectivity index (χ1v) is 11.1. The van der Waals surface area contributed by atoms with Gasteiger partial charge in [0.2, 0.25) is 0 Å². The highest BCUT2D eigenvalue weighted by Gasteiger charge is 2.24. The molecule has 8 heteroatoms. The Morgan fingerprint density at radius 1 is 1.19 bits per heavy atom. The molecule has 0 spiro atoms. The molecule has 4 rings (SSSR count). The van der Waals surface area contributed by atoms with Gasteiger partial charge in [-0.2, -0.15) is 5.10 Å². The minimum Gasteiger partial charge on any atom is -0.462 e. The van der Waals surface area contributed by atoms with Crippen molar-refractivity contribution >= 4 is 39.1 Å². The van der Waals surface area contributed by atoms with E-state index in [1.54, 1.807) is 17.7 Å². The third kappa shape index (κ3) is 3.89. The highest BCUT2D eigenvalue weighted by Crippen LogP contribution is 2.34. The van der Waals surface area contributed by atoms with Crippen molar-refractivity contribution < 1.29 is 14.3 Å². The molecule has 0 atom stereocenters. The lowest BCUT2D eigenvalue weighted by Gasteiger charge is -2.11. The maximum Gasteiger partial charge on any atom is 0.341 e. The molecular formula is C24H24N4O3S. The molecule has 0 bridgehead atoms. The van der Waals surface area contributed by atoms with Crippen LogP contribution in [0.25, 0.3) is 22.2 Å². The van der Waals surface area contributed by atoms with E-state index in [-0.39, 0.29) is 12.5 Å². The van der Waals surface area contributed by atoms with Crippen LogP contribution in [0.15, 0.2) is 36.5 Å². The number of anilines is 1. The molecule has 0 aliphatic rings. The number of fused-ring (bicyclic) bond motifs is 1. The molecule has 1 N–H and O–H groups in total. The highest BCUT2D eigenvalue weighted by molar-refractivity contribution is 7.16. The summed E-state index contributed by atoms with van der Waals surface area (Å²) in [7, 11) is 1.85. The third-order valence-corrected chi connectivity index (χ3v) is 6.46. The summed E-state index contributed by atoms with van der Waals surface area (Å²) in [6.45, 7) is 7.72. The number of carbonyl (C=O) groups is 2. The lowest BCUT2D eigenvalue weighted by molar-refractivity contribution is 0.0527. The average Bonchev–Trinajstić information content (AvgIpc) is 3.24. The van der Waals surface area contributed by atoms with Crippen LogP contribution < -0.4 is 5.32 Å². The molecule has 0 aliphatic heterocycles. The number of nitrogens with zero attached hydrogens (tertiary/aromatic N) is 3. The summed E-state index contributed by atoms with van der Waals surface area (Å²) in [6, 6.07) is 9.29. The van der Waals surface area contributed by atoms with Gasteiger partial charge in [0.25, 0.3) is 5.91 Å². The molecular weight excluding hydrogens is 424 g/mol. The van der Waals surface area contributed by atoms with Gasteiger partial charge in [-0.15, -0.1) is 11.3 Å². The SMILES string of the molecule is CCOC(=O)c1c(NC(=O)c2cc(-c3cn(C)nc3C)nc3ccccc23)sc(C)c1C. The Bertz CT molecular complexity index is 1350. The van der Waals surface area contributed by atoms with E-state index in [0.717, 1.165) is 27.1 Å². The summed E-state index contributed by atoms with van der Waals surface area (Å²) in [6.07, 6.45) is 1.89. The number of esters is 1. The van der Waals surface area contributed by atoms with Gasteiger partial charge >= 0.3 is 5.97 Å². The number of carbonyl (C=O) groups excluding carboxylic acids is 2. The van der Waals surface area contributed by atoms with E-state index in [0.29, 0.717) is 27.3 Å². The number of aryl methyl sites for hydroxylation is 3. The van der Waals surface area contributed by atoms with E-state index in [4.69, 9.17) is 9.72 Å². The third-order valence-electron chi connectivity index (χ3n) is 5.34. The van der Waals surface area contributed by atoms with Crippen molar-refractivity contribution in [3.63, 3.8) is 0 Å². The zero-order valence-corrected chi connectivity index (χ0v) is 19.5. The second kappa shape index (κ2) is 8.55. The Hall–Kier alpha value is -3.52. The Morgan fingerprint density at radius 3 is 2.62 bits per heavy atom. The molecule has 1 aromatic carbocycles. The van der Waals surface area contributed by atoms with Crippen molar-refractivity contribution in [1.82, 2.24) is 14.8 Å². The van der Waals surface area contributed by atoms with Crippen LogP contribution in [0.5, 0.6) is 0 Å². The number of para-hydroxylation sites is 1. The van der Waals surface area contributed by atoms with E-state index in [2.05, 4.69) is 10.4 Å². The van der Waals surface area contributed by atoms with Crippen LogP contribution in [0.4, 0.5) is 5.00 Å². The largest absolute Gasteiger partial charge is 0.462 e. The zero-order chi connectivity index (χ0) is 23.0. The van der Waals surface area contributed by atoms with Crippen LogP contribution >= 0.6 is 11.3 Å². The fraction of sp³-hybridized carbons (Fsp3) is 0.250. The van der Waals surface area contributed by atoms with Gasteiger partial charge in [0.15, 0.2) is 0 Å². The molecule has 3 heterocycles. The molecule has 1 amide bonds. The van der Waals surface area contributed by atoms with E-state index in [1.165, 1.54) is 11.3 Å². The highest BCUT2D eigenvalue weighted by atomic mass is 32.1. The van der Waals surface area contributed by atoms with Crippen LogP contribution in [0.1, 0.15) is 43.8 Å². The number of nitrogens with one attached hydrogen (secondary N) is 1. The molecule has 0 saturated heterocycles. The predicted molar refractivity (Wildman–Crippen MR) is 126 cm³/mol. The lowest BCUT2D eigenvalue weighted by atomic mass is 10.0. The number of amides is 1. The fourth-order valence-electron chi connectivity index (χ4n) is 3.69. The molecule has 0 saturated carbocycles. The van der Waals surface area contributed by atoms with Crippen molar-refractivity contribution in [2.24, 2.45) is 7.05 Å². The van der Waals surface area contributed by atoms with E-state index < -0.39 is 5.97 Å². The number of hydrogen-bond acceptors (Lipinski definition) is 6.